The monoisotopic (exact) mass is 208 g/mol. The molecule has 1 aromatic heterocycles. The number of anilines is 1. The predicted molar refractivity (Wildman–Crippen MR) is 61.9 cm³/mol. The lowest BCUT2D eigenvalue weighted by Gasteiger charge is -2.35. The lowest BCUT2D eigenvalue weighted by atomic mass is 9.99. The summed E-state index contributed by atoms with van der Waals surface area (Å²) in [5, 5.41) is 7.70. The van der Waals surface area contributed by atoms with E-state index in [1.165, 1.54) is 19.4 Å². The van der Waals surface area contributed by atoms with E-state index in [2.05, 4.69) is 29.3 Å². The smallest absolute Gasteiger partial charge is 0.0728 e. The fourth-order valence-electron chi connectivity index (χ4n) is 2.15. The number of likely N-dealkylation sites (tertiary alicyclic amines) is 1. The highest BCUT2D eigenvalue weighted by atomic mass is 15.3. The van der Waals surface area contributed by atoms with Gasteiger partial charge in [-0.15, -0.1) is 0 Å². The van der Waals surface area contributed by atoms with E-state index in [9.17, 15) is 0 Å². The van der Waals surface area contributed by atoms with Crippen molar-refractivity contribution in [3.05, 3.63) is 12.4 Å². The van der Waals surface area contributed by atoms with Crippen molar-refractivity contribution < 1.29 is 0 Å². The average molecular weight is 208 g/mol. The Kier molecular flexibility index (Phi) is 2.95. The first-order chi connectivity index (χ1) is 7.15. The van der Waals surface area contributed by atoms with Crippen molar-refractivity contribution in [3.8, 4) is 0 Å². The first kappa shape index (κ1) is 10.5. The number of aryl methyl sites for hydroxylation is 1. The summed E-state index contributed by atoms with van der Waals surface area (Å²) in [7, 11) is 4.15. The van der Waals surface area contributed by atoms with Gasteiger partial charge in [0.2, 0.25) is 0 Å². The Bertz CT molecular complexity index is 320. The highest BCUT2D eigenvalue weighted by Crippen LogP contribution is 2.19. The molecule has 15 heavy (non-hydrogen) atoms. The molecule has 1 aliphatic heterocycles. The van der Waals surface area contributed by atoms with Gasteiger partial charge in [-0.25, -0.2) is 0 Å². The van der Waals surface area contributed by atoms with Crippen LogP contribution in [0.1, 0.15) is 19.8 Å². The minimum atomic E-state index is 0.598. The van der Waals surface area contributed by atoms with Gasteiger partial charge < -0.3 is 10.2 Å². The molecule has 0 aliphatic carbocycles. The van der Waals surface area contributed by atoms with Crippen LogP contribution in [0.5, 0.6) is 0 Å². The van der Waals surface area contributed by atoms with Crippen molar-refractivity contribution in [2.24, 2.45) is 7.05 Å². The number of nitrogens with one attached hydrogen (secondary N) is 1. The molecule has 0 aromatic carbocycles. The van der Waals surface area contributed by atoms with Crippen LogP contribution in [0.2, 0.25) is 0 Å². The molecule has 1 aromatic rings. The molecule has 1 saturated heterocycles. The Labute approximate surface area is 91.3 Å². The summed E-state index contributed by atoms with van der Waals surface area (Å²) in [6.07, 6.45) is 6.35. The molecule has 4 heteroatoms. The Balaban J connectivity index is 1.90. The second-order valence-corrected chi connectivity index (χ2v) is 4.60. The first-order valence-corrected chi connectivity index (χ1v) is 5.60. The van der Waals surface area contributed by atoms with Gasteiger partial charge in [0.05, 0.1) is 11.9 Å². The summed E-state index contributed by atoms with van der Waals surface area (Å²) in [5.41, 5.74) is 1.14. The van der Waals surface area contributed by atoms with Gasteiger partial charge in [-0.3, -0.25) is 4.68 Å². The third-order valence-corrected chi connectivity index (χ3v) is 3.28. The maximum atomic E-state index is 4.16. The Morgan fingerprint density at radius 3 is 2.87 bits per heavy atom. The second-order valence-electron chi connectivity index (χ2n) is 4.60. The van der Waals surface area contributed by atoms with E-state index in [-0.39, 0.29) is 0 Å². The second kappa shape index (κ2) is 4.23. The molecule has 0 bridgehead atoms. The van der Waals surface area contributed by atoms with Crippen molar-refractivity contribution in [1.29, 1.82) is 0 Å². The maximum absolute atomic E-state index is 4.16. The van der Waals surface area contributed by atoms with Crippen LogP contribution in [0, 0.1) is 0 Å². The molecule has 0 saturated carbocycles. The van der Waals surface area contributed by atoms with Crippen molar-refractivity contribution in [1.82, 2.24) is 14.7 Å². The third-order valence-electron chi connectivity index (χ3n) is 3.28. The van der Waals surface area contributed by atoms with Crippen LogP contribution in [-0.4, -0.2) is 40.4 Å². The molecule has 0 radical (unpaired) electrons. The normalized spacial score (nSPS) is 27.9. The fraction of sp³-hybridized carbons (Fsp3) is 0.727. The summed E-state index contributed by atoms with van der Waals surface area (Å²) >= 11 is 0. The molecule has 1 aliphatic rings. The lowest BCUT2D eigenvalue weighted by molar-refractivity contribution is 0.190. The van der Waals surface area contributed by atoms with Gasteiger partial charge in [0.1, 0.15) is 0 Å². The molecule has 2 heterocycles. The molecule has 2 atom stereocenters. The van der Waals surface area contributed by atoms with E-state index >= 15 is 0 Å². The van der Waals surface area contributed by atoms with Crippen molar-refractivity contribution in [3.63, 3.8) is 0 Å². The van der Waals surface area contributed by atoms with Gasteiger partial charge >= 0.3 is 0 Å². The third kappa shape index (κ3) is 2.50. The van der Waals surface area contributed by atoms with E-state index < -0.39 is 0 Å². The van der Waals surface area contributed by atoms with Gasteiger partial charge in [-0.1, -0.05) is 0 Å². The fourth-order valence-corrected chi connectivity index (χ4v) is 2.15. The van der Waals surface area contributed by atoms with Gasteiger partial charge in [-0.05, 0) is 26.8 Å². The first-order valence-electron chi connectivity index (χ1n) is 5.60. The van der Waals surface area contributed by atoms with Crippen LogP contribution in [0.25, 0.3) is 0 Å². The van der Waals surface area contributed by atoms with E-state index in [0.717, 1.165) is 5.69 Å². The minimum absolute atomic E-state index is 0.598. The Hall–Kier alpha value is -1.03. The standard InChI is InChI=1S/C11H20N4/c1-9-6-10(4-5-14(9)2)13-11-7-12-15(3)8-11/h7-10,13H,4-6H2,1-3H3. The van der Waals surface area contributed by atoms with Crippen LogP contribution in [0.15, 0.2) is 12.4 Å². The Morgan fingerprint density at radius 2 is 2.27 bits per heavy atom. The molecule has 2 unspecified atom stereocenters. The SMILES string of the molecule is CC1CC(Nc2cnn(C)c2)CCN1C. The molecule has 84 valence electrons. The summed E-state index contributed by atoms with van der Waals surface area (Å²) in [6, 6.07) is 1.27. The van der Waals surface area contributed by atoms with Gasteiger partial charge in [-0.2, -0.15) is 5.10 Å². The largest absolute Gasteiger partial charge is 0.380 e. The number of hydrogen-bond donors (Lipinski definition) is 1. The zero-order valence-electron chi connectivity index (χ0n) is 9.77. The molecule has 4 nitrogen and oxygen atoms in total. The predicted octanol–water partition coefficient (Wildman–Crippen LogP) is 1.31. The number of aromatic nitrogens is 2. The molecule has 2 rings (SSSR count). The molecule has 0 spiro atoms. The van der Waals surface area contributed by atoms with E-state index in [0.29, 0.717) is 12.1 Å². The molecule has 1 N–H and O–H groups in total. The van der Waals surface area contributed by atoms with E-state index in [1.54, 1.807) is 0 Å². The van der Waals surface area contributed by atoms with Crippen LogP contribution in [-0.2, 0) is 7.05 Å². The van der Waals surface area contributed by atoms with E-state index in [1.807, 2.05) is 24.1 Å². The van der Waals surface area contributed by atoms with Gasteiger partial charge in [0, 0.05) is 31.9 Å². The summed E-state index contributed by atoms with van der Waals surface area (Å²) in [6.45, 7) is 3.47. The molecule has 0 amide bonds. The molecular weight excluding hydrogens is 188 g/mol. The highest BCUT2D eigenvalue weighted by Gasteiger charge is 2.22. The average Bonchev–Trinajstić information content (AvgIpc) is 2.58. The summed E-state index contributed by atoms with van der Waals surface area (Å²) in [5.74, 6) is 0. The molecular formula is C11H20N4. The number of hydrogen-bond acceptors (Lipinski definition) is 3. The van der Waals surface area contributed by atoms with Crippen molar-refractivity contribution >= 4 is 5.69 Å². The Morgan fingerprint density at radius 1 is 1.47 bits per heavy atom. The zero-order valence-corrected chi connectivity index (χ0v) is 9.77. The van der Waals surface area contributed by atoms with Crippen LogP contribution in [0.4, 0.5) is 5.69 Å². The summed E-state index contributed by atoms with van der Waals surface area (Å²) in [4.78, 5) is 2.42. The van der Waals surface area contributed by atoms with Crippen LogP contribution >= 0.6 is 0 Å². The molecule has 1 fully saturated rings. The van der Waals surface area contributed by atoms with Crippen LogP contribution in [0.3, 0.4) is 0 Å². The maximum Gasteiger partial charge on any atom is 0.0728 e. The quantitative estimate of drug-likeness (QED) is 0.795. The van der Waals surface area contributed by atoms with Crippen LogP contribution < -0.4 is 5.32 Å². The summed E-state index contributed by atoms with van der Waals surface area (Å²) < 4.78 is 1.83. The van der Waals surface area contributed by atoms with Gasteiger partial charge in [0.15, 0.2) is 0 Å². The zero-order chi connectivity index (χ0) is 10.8. The minimum Gasteiger partial charge on any atom is -0.380 e. The number of rotatable bonds is 2. The van der Waals surface area contributed by atoms with E-state index in [4.69, 9.17) is 0 Å². The number of nitrogens with zero attached hydrogens (tertiary/aromatic N) is 3. The van der Waals surface area contributed by atoms with Crippen molar-refractivity contribution in [2.75, 3.05) is 18.9 Å². The van der Waals surface area contributed by atoms with Gasteiger partial charge in [0.25, 0.3) is 0 Å². The highest BCUT2D eigenvalue weighted by molar-refractivity contribution is 5.39. The lowest BCUT2D eigenvalue weighted by Crippen LogP contribution is -2.42. The topological polar surface area (TPSA) is 33.1 Å². The van der Waals surface area contributed by atoms with Crippen molar-refractivity contribution in [2.45, 2.75) is 31.8 Å². The number of piperidine rings is 1.